The Morgan fingerprint density at radius 2 is 2.10 bits per heavy atom. The molecule has 2 atom stereocenters. The SMILES string of the molecule is O=C([C@H]1C[C@H](O)CN1)N1CCN(c2ccc(Br)cn2)CC1. The van der Waals surface area contributed by atoms with Crippen LogP contribution in [0, 0.1) is 0 Å². The highest BCUT2D eigenvalue weighted by molar-refractivity contribution is 9.10. The minimum atomic E-state index is -0.396. The number of amides is 1. The van der Waals surface area contributed by atoms with Crippen molar-refractivity contribution in [3.63, 3.8) is 0 Å². The van der Waals surface area contributed by atoms with Crippen molar-refractivity contribution in [1.29, 1.82) is 0 Å². The summed E-state index contributed by atoms with van der Waals surface area (Å²) in [4.78, 5) is 20.8. The summed E-state index contributed by atoms with van der Waals surface area (Å²) in [5.74, 6) is 1.05. The fraction of sp³-hybridized carbons (Fsp3) is 0.571. The van der Waals surface area contributed by atoms with Crippen LogP contribution in [0.5, 0.6) is 0 Å². The first-order chi connectivity index (χ1) is 10.1. The number of β-amino-alcohol motifs (C(OH)–C–C–N with tert-alkyl or cyclic N) is 1. The van der Waals surface area contributed by atoms with Gasteiger partial charge in [0.25, 0.3) is 0 Å². The van der Waals surface area contributed by atoms with Crippen molar-refractivity contribution in [2.24, 2.45) is 0 Å². The molecule has 1 aromatic rings. The maximum absolute atomic E-state index is 12.3. The number of pyridine rings is 1. The molecule has 6 nitrogen and oxygen atoms in total. The molecule has 3 heterocycles. The minimum absolute atomic E-state index is 0.106. The summed E-state index contributed by atoms with van der Waals surface area (Å²) in [6.45, 7) is 3.49. The molecule has 0 spiro atoms. The number of carbonyl (C=O) groups excluding carboxylic acids is 1. The van der Waals surface area contributed by atoms with Gasteiger partial charge in [-0.2, -0.15) is 0 Å². The number of nitrogens with zero attached hydrogens (tertiary/aromatic N) is 3. The Morgan fingerprint density at radius 3 is 2.67 bits per heavy atom. The van der Waals surface area contributed by atoms with Gasteiger partial charge in [0.05, 0.1) is 12.1 Å². The molecule has 7 heteroatoms. The Labute approximate surface area is 132 Å². The molecule has 0 unspecified atom stereocenters. The standard InChI is InChI=1S/C14H19BrN4O2/c15-10-1-2-13(17-8-10)18-3-5-19(6-4-18)14(21)12-7-11(20)9-16-12/h1-2,8,11-12,16,20H,3-7,9H2/t11-,12+/m0/s1. The molecule has 0 saturated carbocycles. The van der Waals surface area contributed by atoms with Gasteiger partial charge in [0.15, 0.2) is 0 Å². The fourth-order valence-electron chi connectivity index (χ4n) is 2.84. The summed E-state index contributed by atoms with van der Waals surface area (Å²) in [5, 5.41) is 12.6. The third kappa shape index (κ3) is 3.36. The van der Waals surface area contributed by atoms with Gasteiger partial charge < -0.3 is 20.2 Å². The van der Waals surface area contributed by atoms with Crippen LogP contribution in [-0.4, -0.2) is 65.8 Å². The maximum atomic E-state index is 12.3. The van der Waals surface area contributed by atoms with Crippen molar-refractivity contribution in [2.75, 3.05) is 37.6 Å². The molecule has 0 aliphatic carbocycles. The van der Waals surface area contributed by atoms with Crippen LogP contribution in [0.3, 0.4) is 0 Å². The highest BCUT2D eigenvalue weighted by atomic mass is 79.9. The van der Waals surface area contributed by atoms with E-state index in [0.29, 0.717) is 26.1 Å². The number of carbonyl (C=O) groups is 1. The van der Waals surface area contributed by atoms with E-state index in [-0.39, 0.29) is 11.9 Å². The summed E-state index contributed by atoms with van der Waals surface area (Å²) in [7, 11) is 0. The lowest BCUT2D eigenvalue weighted by Gasteiger charge is -2.36. The number of nitrogens with one attached hydrogen (secondary N) is 1. The molecule has 0 radical (unpaired) electrons. The van der Waals surface area contributed by atoms with Crippen LogP contribution in [0.2, 0.25) is 0 Å². The van der Waals surface area contributed by atoms with Crippen molar-refractivity contribution in [3.8, 4) is 0 Å². The van der Waals surface area contributed by atoms with Crippen LogP contribution in [0.4, 0.5) is 5.82 Å². The van der Waals surface area contributed by atoms with E-state index in [1.807, 2.05) is 17.0 Å². The molecule has 0 bridgehead atoms. The van der Waals surface area contributed by atoms with Crippen molar-refractivity contribution in [3.05, 3.63) is 22.8 Å². The summed E-state index contributed by atoms with van der Waals surface area (Å²) >= 11 is 3.38. The number of aliphatic hydroxyl groups is 1. The summed E-state index contributed by atoms with van der Waals surface area (Å²) in [5.41, 5.74) is 0. The molecule has 2 saturated heterocycles. The zero-order valence-electron chi connectivity index (χ0n) is 11.7. The first-order valence-electron chi connectivity index (χ1n) is 7.20. The van der Waals surface area contributed by atoms with Crippen LogP contribution < -0.4 is 10.2 Å². The van der Waals surface area contributed by atoms with Crippen molar-refractivity contribution >= 4 is 27.7 Å². The topological polar surface area (TPSA) is 68.7 Å². The number of anilines is 1. The minimum Gasteiger partial charge on any atom is -0.392 e. The van der Waals surface area contributed by atoms with E-state index in [1.165, 1.54) is 0 Å². The first-order valence-corrected chi connectivity index (χ1v) is 7.99. The highest BCUT2D eigenvalue weighted by Crippen LogP contribution is 2.17. The Balaban J connectivity index is 1.55. The highest BCUT2D eigenvalue weighted by Gasteiger charge is 2.32. The number of aliphatic hydroxyl groups excluding tert-OH is 1. The Morgan fingerprint density at radius 1 is 1.33 bits per heavy atom. The van der Waals surface area contributed by atoms with Crippen LogP contribution in [0.25, 0.3) is 0 Å². The molecule has 2 N–H and O–H groups in total. The lowest BCUT2D eigenvalue weighted by atomic mass is 10.1. The van der Waals surface area contributed by atoms with Crippen LogP contribution in [0.15, 0.2) is 22.8 Å². The fourth-order valence-corrected chi connectivity index (χ4v) is 3.07. The van der Waals surface area contributed by atoms with Gasteiger partial charge in [-0.05, 0) is 34.5 Å². The molecule has 114 valence electrons. The van der Waals surface area contributed by atoms with E-state index in [9.17, 15) is 9.90 Å². The molecule has 1 aromatic heterocycles. The molecular formula is C14H19BrN4O2. The number of halogens is 1. The van der Waals surface area contributed by atoms with Gasteiger partial charge in [-0.25, -0.2) is 4.98 Å². The van der Waals surface area contributed by atoms with Crippen molar-refractivity contribution < 1.29 is 9.90 Å². The van der Waals surface area contributed by atoms with Crippen LogP contribution in [-0.2, 0) is 4.79 Å². The lowest BCUT2D eigenvalue weighted by molar-refractivity contribution is -0.133. The molecule has 2 aliphatic rings. The third-order valence-electron chi connectivity index (χ3n) is 4.03. The number of piperazine rings is 1. The molecule has 2 fully saturated rings. The summed E-state index contributed by atoms with van der Waals surface area (Å²) in [6.07, 6.45) is 1.91. The number of rotatable bonds is 2. The summed E-state index contributed by atoms with van der Waals surface area (Å²) in [6, 6.07) is 3.73. The number of hydrogen-bond acceptors (Lipinski definition) is 5. The molecule has 0 aromatic carbocycles. The Hall–Kier alpha value is -1.18. The second-order valence-electron chi connectivity index (χ2n) is 5.50. The maximum Gasteiger partial charge on any atom is 0.239 e. The van der Waals surface area contributed by atoms with E-state index >= 15 is 0 Å². The van der Waals surface area contributed by atoms with Crippen LogP contribution >= 0.6 is 15.9 Å². The van der Waals surface area contributed by atoms with Gasteiger partial charge >= 0.3 is 0 Å². The predicted molar refractivity (Wildman–Crippen MR) is 83.1 cm³/mol. The smallest absolute Gasteiger partial charge is 0.239 e. The average Bonchev–Trinajstić information content (AvgIpc) is 2.94. The van der Waals surface area contributed by atoms with Gasteiger partial charge in [0, 0.05) is 43.4 Å². The zero-order chi connectivity index (χ0) is 14.8. The van der Waals surface area contributed by atoms with E-state index in [4.69, 9.17) is 0 Å². The third-order valence-corrected chi connectivity index (χ3v) is 4.50. The quantitative estimate of drug-likeness (QED) is 0.794. The van der Waals surface area contributed by atoms with E-state index in [0.717, 1.165) is 23.4 Å². The molecule has 1 amide bonds. The predicted octanol–water partition coefficient (Wildman–Crippen LogP) is 0.216. The molecular weight excluding hydrogens is 336 g/mol. The number of aromatic nitrogens is 1. The van der Waals surface area contributed by atoms with Gasteiger partial charge in [-0.1, -0.05) is 0 Å². The van der Waals surface area contributed by atoms with Crippen molar-refractivity contribution in [2.45, 2.75) is 18.6 Å². The van der Waals surface area contributed by atoms with Gasteiger partial charge in [0.2, 0.25) is 5.91 Å². The zero-order valence-corrected chi connectivity index (χ0v) is 13.3. The van der Waals surface area contributed by atoms with Crippen LogP contribution in [0.1, 0.15) is 6.42 Å². The van der Waals surface area contributed by atoms with Crippen molar-refractivity contribution in [1.82, 2.24) is 15.2 Å². The Bertz CT molecular complexity index is 502. The average molecular weight is 355 g/mol. The largest absolute Gasteiger partial charge is 0.392 e. The first kappa shape index (κ1) is 14.7. The van der Waals surface area contributed by atoms with E-state index < -0.39 is 6.10 Å². The molecule has 2 aliphatic heterocycles. The van der Waals surface area contributed by atoms with Gasteiger partial charge in [-0.15, -0.1) is 0 Å². The normalized spacial score (nSPS) is 26.2. The van der Waals surface area contributed by atoms with Gasteiger partial charge in [-0.3, -0.25) is 4.79 Å². The molecule has 3 rings (SSSR count). The second-order valence-corrected chi connectivity index (χ2v) is 6.41. The lowest BCUT2D eigenvalue weighted by Crippen LogP contribution is -2.53. The Kier molecular flexibility index (Phi) is 4.42. The summed E-state index contributed by atoms with van der Waals surface area (Å²) < 4.78 is 0.964. The van der Waals surface area contributed by atoms with E-state index in [2.05, 4.69) is 31.1 Å². The monoisotopic (exact) mass is 354 g/mol. The van der Waals surface area contributed by atoms with Gasteiger partial charge in [0.1, 0.15) is 5.82 Å². The molecule has 21 heavy (non-hydrogen) atoms. The second kappa shape index (κ2) is 6.29. The number of hydrogen-bond donors (Lipinski definition) is 2. The van der Waals surface area contributed by atoms with E-state index in [1.54, 1.807) is 6.20 Å².